The molecule has 3 aromatic carbocycles. The van der Waals surface area contributed by atoms with Crippen LogP contribution in [0.3, 0.4) is 0 Å². The number of benzene rings is 3. The van der Waals surface area contributed by atoms with Crippen LogP contribution in [0.5, 0.6) is 0 Å². The molecule has 0 aliphatic rings. The van der Waals surface area contributed by atoms with Crippen LogP contribution in [0.1, 0.15) is 44.4 Å². The summed E-state index contributed by atoms with van der Waals surface area (Å²) < 4.78 is 0. The second kappa shape index (κ2) is 11.2. The molecule has 1 unspecified atom stereocenters. The van der Waals surface area contributed by atoms with Crippen LogP contribution in [-0.2, 0) is 4.79 Å². The summed E-state index contributed by atoms with van der Waals surface area (Å²) >= 11 is 0. The fourth-order valence-electron chi connectivity index (χ4n) is 3.03. The van der Waals surface area contributed by atoms with Gasteiger partial charge in [-0.1, -0.05) is 55.5 Å². The highest BCUT2D eigenvalue weighted by Gasteiger charge is 2.22. The molecule has 0 spiro atoms. The van der Waals surface area contributed by atoms with Crippen molar-refractivity contribution >= 4 is 29.3 Å². The predicted octanol–water partition coefficient (Wildman–Crippen LogP) is 2.91. The first kappa shape index (κ1) is 23.2. The Morgan fingerprint density at radius 3 is 1.82 bits per heavy atom. The standard InChI is InChI=1S/C25H24N4O4/c1-2-20(25(33)29-28-23(31)18-13-7-4-8-14-18)26-24(32)19-15-9-10-16-21(19)27-22(30)17-11-5-3-6-12-17/h3-16,20H,2H2,1H3,(H,26,32)(H,27,30)(H,28,31)(H,29,33). The number of para-hydroxylation sites is 1. The van der Waals surface area contributed by atoms with E-state index in [1.807, 2.05) is 0 Å². The Morgan fingerprint density at radius 1 is 0.667 bits per heavy atom. The second-order valence-corrected chi connectivity index (χ2v) is 7.11. The zero-order valence-electron chi connectivity index (χ0n) is 18.0. The van der Waals surface area contributed by atoms with Crippen molar-refractivity contribution in [2.24, 2.45) is 0 Å². The Balaban J connectivity index is 1.63. The van der Waals surface area contributed by atoms with Crippen LogP contribution in [0, 0.1) is 0 Å². The van der Waals surface area contributed by atoms with Crippen LogP contribution in [-0.4, -0.2) is 29.7 Å². The van der Waals surface area contributed by atoms with E-state index >= 15 is 0 Å². The average Bonchev–Trinajstić information content (AvgIpc) is 2.86. The molecule has 168 valence electrons. The van der Waals surface area contributed by atoms with Crippen molar-refractivity contribution in [2.75, 3.05) is 5.32 Å². The van der Waals surface area contributed by atoms with Crippen molar-refractivity contribution in [1.82, 2.24) is 16.2 Å². The molecule has 3 rings (SSSR count). The maximum atomic E-state index is 12.9. The summed E-state index contributed by atoms with van der Waals surface area (Å²) in [6, 6.07) is 22.7. The van der Waals surface area contributed by atoms with Gasteiger partial charge in [-0.05, 0) is 42.8 Å². The van der Waals surface area contributed by atoms with Crippen LogP contribution in [0.15, 0.2) is 84.9 Å². The minimum absolute atomic E-state index is 0.210. The van der Waals surface area contributed by atoms with Crippen LogP contribution < -0.4 is 21.5 Å². The fraction of sp³-hybridized carbons (Fsp3) is 0.120. The average molecular weight is 444 g/mol. The van der Waals surface area contributed by atoms with Crippen LogP contribution in [0.2, 0.25) is 0 Å². The lowest BCUT2D eigenvalue weighted by atomic mass is 10.1. The molecular weight excluding hydrogens is 420 g/mol. The normalized spacial score (nSPS) is 11.1. The highest BCUT2D eigenvalue weighted by molar-refractivity contribution is 6.09. The molecule has 8 heteroatoms. The van der Waals surface area contributed by atoms with Gasteiger partial charge in [0.2, 0.25) is 0 Å². The van der Waals surface area contributed by atoms with E-state index in [1.165, 1.54) is 0 Å². The number of hydrogen-bond acceptors (Lipinski definition) is 4. The first-order chi connectivity index (χ1) is 16.0. The molecule has 0 aliphatic carbocycles. The summed E-state index contributed by atoms with van der Waals surface area (Å²) in [6.07, 6.45) is 0.289. The molecule has 0 heterocycles. The van der Waals surface area contributed by atoms with Gasteiger partial charge in [-0.15, -0.1) is 0 Å². The first-order valence-corrected chi connectivity index (χ1v) is 10.4. The Bertz CT molecular complexity index is 1130. The van der Waals surface area contributed by atoms with Gasteiger partial charge < -0.3 is 10.6 Å². The molecule has 1 atom stereocenters. The van der Waals surface area contributed by atoms with Crippen LogP contribution >= 0.6 is 0 Å². The minimum atomic E-state index is -0.897. The van der Waals surface area contributed by atoms with Gasteiger partial charge in [0.1, 0.15) is 6.04 Å². The number of carbonyl (C=O) groups excluding carboxylic acids is 4. The summed E-state index contributed by atoms with van der Waals surface area (Å²) in [4.78, 5) is 50.0. The second-order valence-electron chi connectivity index (χ2n) is 7.11. The molecule has 0 saturated carbocycles. The zero-order chi connectivity index (χ0) is 23.6. The summed E-state index contributed by atoms with van der Waals surface area (Å²) in [5.74, 6) is -1.93. The van der Waals surface area contributed by atoms with Crippen molar-refractivity contribution in [2.45, 2.75) is 19.4 Å². The molecule has 8 nitrogen and oxygen atoms in total. The lowest BCUT2D eigenvalue weighted by molar-refractivity contribution is -0.123. The number of hydrogen-bond donors (Lipinski definition) is 4. The van der Waals surface area contributed by atoms with Crippen molar-refractivity contribution in [3.8, 4) is 0 Å². The highest BCUT2D eigenvalue weighted by Crippen LogP contribution is 2.17. The third-order valence-corrected chi connectivity index (χ3v) is 4.82. The quantitative estimate of drug-likeness (QED) is 0.419. The number of nitrogens with one attached hydrogen (secondary N) is 4. The van der Waals surface area contributed by atoms with E-state index in [0.717, 1.165) is 0 Å². The van der Waals surface area contributed by atoms with Crippen molar-refractivity contribution < 1.29 is 19.2 Å². The van der Waals surface area contributed by atoms with Gasteiger partial charge >= 0.3 is 0 Å². The first-order valence-electron chi connectivity index (χ1n) is 10.4. The lowest BCUT2D eigenvalue weighted by Gasteiger charge is -2.18. The third-order valence-electron chi connectivity index (χ3n) is 4.82. The van der Waals surface area contributed by atoms with E-state index in [0.29, 0.717) is 16.8 Å². The monoisotopic (exact) mass is 444 g/mol. The van der Waals surface area contributed by atoms with Crippen LogP contribution in [0.4, 0.5) is 5.69 Å². The van der Waals surface area contributed by atoms with Gasteiger partial charge in [0, 0.05) is 11.1 Å². The summed E-state index contributed by atoms with van der Waals surface area (Å²) in [6.45, 7) is 1.73. The minimum Gasteiger partial charge on any atom is -0.340 e. The summed E-state index contributed by atoms with van der Waals surface area (Å²) in [7, 11) is 0. The number of anilines is 1. The molecule has 0 aliphatic heterocycles. The maximum Gasteiger partial charge on any atom is 0.269 e. The van der Waals surface area contributed by atoms with Crippen molar-refractivity contribution in [1.29, 1.82) is 0 Å². The molecule has 0 radical (unpaired) electrons. The Morgan fingerprint density at radius 2 is 1.21 bits per heavy atom. The van der Waals surface area contributed by atoms with Gasteiger partial charge in [0.25, 0.3) is 23.6 Å². The topological polar surface area (TPSA) is 116 Å². The van der Waals surface area contributed by atoms with Gasteiger partial charge in [-0.2, -0.15) is 0 Å². The molecular formula is C25H24N4O4. The number of rotatable bonds is 7. The summed E-state index contributed by atoms with van der Waals surface area (Å²) in [5.41, 5.74) is 6.03. The maximum absolute atomic E-state index is 12.9. The summed E-state index contributed by atoms with van der Waals surface area (Å²) in [5, 5.41) is 5.38. The van der Waals surface area contributed by atoms with E-state index in [4.69, 9.17) is 0 Å². The molecule has 4 N–H and O–H groups in total. The molecule has 0 bridgehead atoms. The molecule has 33 heavy (non-hydrogen) atoms. The molecule has 0 saturated heterocycles. The Kier molecular flexibility index (Phi) is 7.91. The smallest absolute Gasteiger partial charge is 0.269 e. The fourth-order valence-corrected chi connectivity index (χ4v) is 3.03. The molecule has 4 amide bonds. The van der Waals surface area contributed by atoms with Gasteiger partial charge in [-0.25, -0.2) is 0 Å². The van der Waals surface area contributed by atoms with Crippen LogP contribution in [0.25, 0.3) is 0 Å². The van der Waals surface area contributed by atoms with Crippen molar-refractivity contribution in [3.63, 3.8) is 0 Å². The van der Waals surface area contributed by atoms with E-state index in [-0.39, 0.29) is 17.9 Å². The lowest BCUT2D eigenvalue weighted by Crippen LogP contribution is -2.52. The molecule has 3 aromatic rings. The Hall–Kier alpha value is -4.46. The number of carbonyl (C=O) groups is 4. The molecule has 0 fully saturated rings. The van der Waals surface area contributed by atoms with Crippen molar-refractivity contribution in [3.05, 3.63) is 102 Å². The van der Waals surface area contributed by atoms with E-state index < -0.39 is 23.8 Å². The number of hydrazine groups is 1. The van der Waals surface area contributed by atoms with E-state index in [9.17, 15) is 19.2 Å². The Labute approximate surface area is 191 Å². The predicted molar refractivity (Wildman–Crippen MR) is 124 cm³/mol. The zero-order valence-corrected chi connectivity index (χ0v) is 18.0. The number of amides is 4. The van der Waals surface area contributed by atoms with E-state index in [1.54, 1.807) is 91.9 Å². The molecule has 0 aromatic heterocycles. The third kappa shape index (κ3) is 6.27. The van der Waals surface area contributed by atoms with Gasteiger partial charge in [0.15, 0.2) is 0 Å². The highest BCUT2D eigenvalue weighted by atomic mass is 16.2. The van der Waals surface area contributed by atoms with E-state index in [2.05, 4.69) is 21.5 Å². The SMILES string of the molecule is CCC(NC(=O)c1ccccc1NC(=O)c1ccccc1)C(=O)NNC(=O)c1ccccc1. The van der Waals surface area contributed by atoms with Gasteiger partial charge in [0.05, 0.1) is 11.3 Å². The van der Waals surface area contributed by atoms with Gasteiger partial charge in [-0.3, -0.25) is 30.0 Å². The largest absolute Gasteiger partial charge is 0.340 e.